The molecule has 6 nitrogen and oxygen atoms in total. The summed E-state index contributed by atoms with van der Waals surface area (Å²) in [5, 5.41) is 12.9. The third kappa shape index (κ3) is 3.60. The molecule has 0 aliphatic rings. The highest BCUT2D eigenvalue weighted by Crippen LogP contribution is 2.23. The first-order valence-corrected chi connectivity index (χ1v) is 7.76. The van der Waals surface area contributed by atoms with Crippen LogP contribution in [0, 0.1) is 21.8 Å². The predicted octanol–water partition coefficient (Wildman–Crippen LogP) is 4.17. The summed E-state index contributed by atoms with van der Waals surface area (Å²) in [7, 11) is 0. The molecule has 0 atom stereocenters. The molecule has 1 N–H and O–H groups in total. The van der Waals surface area contributed by atoms with Crippen LogP contribution in [-0.4, -0.2) is 11.2 Å². The van der Waals surface area contributed by atoms with Crippen molar-refractivity contribution in [2.45, 2.75) is 6.92 Å². The van der Waals surface area contributed by atoms with Gasteiger partial charge in [-0.3, -0.25) is 0 Å². The number of benzene rings is 1. The molecule has 0 aliphatic heterocycles. The van der Waals surface area contributed by atoms with Crippen molar-refractivity contribution in [1.82, 2.24) is 4.98 Å². The zero-order chi connectivity index (χ0) is 16.2. The van der Waals surface area contributed by atoms with Crippen LogP contribution in [0.5, 0.6) is 0 Å². The quantitative estimate of drug-likeness (QED) is 0.391. The number of nitrogens with zero attached hydrogens (tertiary/aromatic N) is 3. The van der Waals surface area contributed by atoms with Crippen molar-refractivity contribution in [2.75, 3.05) is 5.43 Å². The SMILES string of the molecule is Cc1nc(C#N)c(NN=Cc2ccc(-c3cccc(I)c3)o2)o1. The highest BCUT2D eigenvalue weighted by Gasteiger charge is 2.09. The number of nitrogens with one attached hydrogen (secondary N) is 1. The monoisotopic (exact) mass is 418 g/mol. The molecular formula is C16H11IN4O2. The first-order chi connectivity index (χ1) is 11.2. The minimum atomic E-state index is 0.165. The summed E-state index contributed by atoms with van der Waals surface area (Å²) in [5.41, 5.74) is 3.82. The van der Waals surface area contributed by atoms with Crippen molar-refractivity contribution in [3.05, 3.63) is 57.3 Å². The van der Waals surface area contributed by atoms with Gasteiger partial charge in [-0.25, -0.2) is 10.4 Å². The summed E-state index contributed by atoms with van der Waals surface area (Å²) in [5.74, 6) is 1.96. The van der Waals surface area contributed by atoms with Gasteiger partial charge in [-0.15, -0.1) is 0 Å². The topological polar surface area (TPSA) is 87.4 Å². The van der Waals surface area contributed by atoms with E-state index in [-0.39, 0.29) is 11.6 Å². The summed E-state index contributed by atoms with van der Waals surface area (Å²) in [6.07, 6.45) is 1.51. The molecule has 0 unspecified atom stereocenters. The fourth-order valence-corrected chi connectivity index (χ4v) is 2.50. The lowest BCUT2D eigenvalue weighted by atomic mass is 10.2. The van der Waals surface area contributed by atoms with E-state index in [0.717, 1.165) is 14.9 Å². The number of hydrogen-bond donors (Lipinski definition) is 1. The third-order valence-electron chi connectivity index (χ3n) is 2.93. The van der Waals surface area contributed by atoms with Crippen molar-refractivity contribution in [3.63, 3.8) is 0 Å². The van der Waals surface area contributed by atoms with Gasteiger partial charge in [0.1, 0.15) is 17.6 Å². The Morgan fingerprint density at radius 3 is 2.96 bits per heavy atom. The Balaban J connectivity index is 1.73. The van der Waals surface area contributed by atoms with Gasteiger partial charge in [-0.1, -0.05) is 12.1 Å². The second kappa shape index (κ2) is 6.66. The van der Waals surface area contributed by atoms with E-state index in [0.29, 0.717) is 11.7 Å². The molecule has 0 saturated heterocycles. The fourth-order valence-electron chi connectivity index (χ4n) is 1.95. The normalized spacial score (nSPS) is 10.8. The van der Waals surface area contributed by atoms with E-state index in [9.17, 15) is 0 Å². The molecule has 0 aliphatic carbocycles. The number of hydrazone groups is 1. The van der Waals surface area contributed by atoms with Gasteiger partial charge in [0, 0.05) is 16.1 Å². The molecule has 3 rings (SSSR count). The van der Waals surface area contributed by atoms with Crippen molar-refractivity contribution in [3.8, 4) is 17.4 Å². The summed E-state index contributed by atoms with van der Waals surface area (Å²) < 4.78 is 12.1. The molecule has 3 aromatic rings. The highest BCUT2D eigenvalue weighted by molar-refractivity contribution is 14.1. The van der Waals surface area contributed by atoms with Gasteiger partial charge in [0.15, 0.2) is 5.89 Å². The van der Waals surface area contributed by atoms with Crippen LogP contribution in [0.2, 0.25) is 0 Å². The maximum atomic E-state index is 8.92. The van der Waals surface area contributed by atoms with E-state index in [2.05, 4.69) is 38.1 Å². The predicted molar refractivity (Wildman–Crippen MR) is 94.0 cm³/mol. The van der Waals surface area contributed by atoms with E-state index in [4.69, 9.17) is 14.1 Å². The Bertz CT molecular complexity index is 905. The summed E-state index contributed by atoms with van der Waals surface area (Å²) in [4.78, 5) is 3.92. The third-order valence-corrected chi connectivity index (χ3v) is 3.60. The smallest absolute Gasteiger partial charge is 0.252 e. The van der Waals surface area contributed by atoms with Crippen LogP contribution in [0.1, 0.15) is 17.3 Å². The second-order valence-corrected chi connectivity index (χ2v) is 5.85. The molecule has 1 aromatic carbocycles. The van der Waals surface area contributed by atoms with E-state index in [1.54, 1.807) is 6.92 Å². The molecule has 0 amide bonds. The average Bonchev–Trinajstić information content (AvgIpc) is 3.14. The van der Waals surface area contributed by atoms with E-state index in [1.165, 1.54) is 6.21 Å². The lowest BCUT2D eigenvalue weighted by molar-refractivity contribution is 0.533. The molecule has 7 heteroatoms. The van der Waals surface area contributed by atoms with Crippen LogP contribution in [0.3, 0.4) is 0 Å². The van der Waals surface area contributed by atoms with Gasteiger partial charge in [-0.2, -0.15) is 10.4 Å². The number of hydrogen-bond acceptors (Lipinski definition) is 6. The van der Waals surface area contributed by atoms with Gasteiger partial charge < -0.3 is 8.83 Å². The minimum absolute atomic E-state index is 0.165. The number of anilines is 1. The number of nitriles is 1. The minimum Gasteiger partial charge on any atom is -0.455 e. The number of furan rings is 1. The molecular weight excluding hydrogens is 407 g/mol. The van der Waals surface area contributed by atoms with Crippen molar-refractivity contribution in [2.24, 2.45) is 5.10 Å². The van der Waals surface area contributed by atoms with Crippen LogP contribution in [0.15, 0.2) is 50.3 Å². The van der Waals surface area contributed by atoms with Crippen LogP contribution >= 0.6 is 22.6 Å². The fraction of sp³-hybridized carbons (Fsp3) is 0.0625. The van der Waals surface area contributed by atoms with Gasteiger partial charge in [0.25, 0.3) is 5.88 Å². The largest absolute Gasteiger partial charge is 0.455 e. The summed E-state index contributed by atoms with van der Waals surface area (Å²) in [6, 6.07) is 13.6. The van der Waals surface area contributed by atoms with Crippen LogP contribution < -0.4 is 5.43 Å². The first-order valence-electron chi connectivity index (χ1n) is 6.68. The van der Waals surface area contributed by atoms with Crippen LogP contribution in [0.4, 0.5) is 5.88 Å². The van der Waals surface area contributed by atoms with Crippen molar-refractivity contribution < 1.29 is 8.83 Å². The molecule has 0 spiro atoms. The Morgan fingerprint density at radius 2 is 2.17 bits per heavy atom. The van der Waals surface area contributed by atoms with Crippen LogP contribution in [-0.2, 0) is 0 Å². The van der Waals surface area contributed by atoms with Gasteiger partial charge >= 0.3 is 0 Å². The number of rotatable bonds is 4. The zero-order valence-electron chi connectivity index (χ0n) is 12.1. The molecule has 0 radical (unpaired) electrons. The number of aromatic nitrogens is 1. The number of aryl methyl sites for hydroxylation is 1. The molecule has 2 aromatic heterocycles. The number of halogens is 1. The van der Waals surface area contributed by atoms with Crippen molar-refractivity contribution >= 4 is 34.7 Å². The Hall–Kier alpha value is -2.60. The van der Waals surface area contributed by atoms with Gasteiger partial charge in [0.05, 0.1) is 6.21 Å². The molecule has 114 valence electrons. The lowest BCUT2D eigenvalue weighted by Gasteiger charge is -1.97. The standard InChI is InChI=1S/C16H11IN4O2/c1-10-20-14(8-18)16(22-10)21-19-9-13-5-6-15(23-13)11-3-2-4-12(17)7-11/h2-7,9,21H,1H3. The van der Waals surface area contributed by atoms with E-state index in [1.807, 2.05) is 42.5 Å². The second-order valence-electron chi connectivity index (χ2n) is 4.60. The number of oxazole rings is 1. The van der Waals surface area contributed by atoms with E-state index >= 15 is 0 Å². The van der Waals surface area contributed by atoms with Crippen LogP contribution in [0.25, 0.3) is 11.3 Å². The van der Waals surface area contributed by atoms with E-state index < -0.39 is 0 Å². The lowest BCUT2D eigenvalue weighted by Crippen LogP contribution is -1.90. The molecule has 0 bridgehead atoms. The molecule has 0 saturated carbocycles. The summed E-state index contributed by atoms with van der Waals surface area (Å²) in [6.45, 7) is 1.66. The first kappa shape index (κ1) is 15.3. The molecule has 23 heavy (non-hydrogen) atoms. The maximum Gasteiger partial charge on any atom is 0.252 e. The maximum absolute atomic E-state index is 8.92. The van der Waals surface area contributed by atoms with Gasteiger partial charge in [0.2, 0.25) is 5.69 Å². The Labute approximate surface area is 146 Å². The highest BCUT2D eigenvalue weighted by atomic mass is 127. The Morgan fingerprint density at radius 1 is 1.30 bits per heavy atom. The van der Waals surface area contributed by atoms with Crippen molar-refractivity contribution in [1.29, 1.82) is 5.26 Å². The zero-order valence-corrected chi connectivity index (χ0v) is 14.2. The Kier molecular flexibility index (Phi) is 4.43. The average molecular weight is 418 g/mol. The van der Waals surface area contributed by atoms with Gasteiger partial charge in [-0.05, 0) is 46.9 Å². The molecule has 2 heterocycles. The molecule has 0 fully saturated rings. The summed E-state index contributed by atoms with van der Waals surface area (Å²) >= 11 is 2.26.